The summed E-state index contributed by atoms with van der Waals surface area (Å²) in [6.07, 6.45) is -4.33. The van der Waals surface area contributed by atoms with Crippen molar-refractivity contribution in [2.24, 2.45) is 0 Å². The molecule has 0 amide bonds. The van der Waals surface area contributed by atoms with Crippen molar-refractivity contribution in [2.45, 2.75) is 39.0 Å². The first-order valence-corrected chi connectivity index (χ1v) is 5.74. The van der Waals surface area contributed by atoms with E-state index < -0.39 is 12.8 Å². The molecule has 0 unspecified atom stereocenters. The first-order valence-electron chi connectivity index (χ1n) is 5.33. The number of ether oxygens (including phenoxy) is 1. The van der Waals surface area contributed by atoms with Crippen molar-refractivity contribution in [1.29, 1.82) is 0 Å². The van der Waals surface area contributed by atoms with Gasteiger partial charge in [0.2, 0.25) is 0 Å². The van der Waals surface area contributed by atoms with Gasteiger partial charge in [-0.05, 0) is 6.07 Å². The summed E-state index contributed by atoms with van der Waals surface area (Å²) in [6, 6.07) is 1.70. The number of nitrogens with one attached hydrogen (secondary N) is 1. The van der Waals surface area contributed by atoms with Crippen molar-refractivity contribution in [2.75, 3.05) is 6.61 Å². The van der Waals surface area contributed by atoms with Gasteiger partial charge < -0.3 is 9.72 Å². The smallest absolute Gasteiger partial charge is 0.364 e. The normalized spacial score (nSPS) is 12.8. The monoisotopic (exact) mass is 280 g/mol. The molecule has 1 aromatic rings. The lowest BCUT2D eigenvalue weighted by molar-refractivity contribution is -0.177. The number of hydrogen-bond acceptors (Lipinski definition) is 3. The first kappa shape index (κ1) is 15.1. The number of nitrogens with zero attached hydrogens (tertiary/aromatic N) is 1. The Hall–Kier alpha value is -0.950. The maximum atomic E-state index is 11.9. The average Bonchev–Trinajstić information content (AvgIpc) is 2.13. The van der Waals surface area contributed by atoms with E-state index >= 15 is 0 Å². The molecule has 0 aliphatic rings. The molecule has 7 heteroatoms. The van der Waals surface area contributed by atoms with Crippen LogP contribution in [0.5, 0.6) is 0 Å². The molecule has 0 saturated carbocycles. The third-order valence-electron chi connectivity index (χ3n) is 2.10. The van der Waals surface area contributed by atoms with Crippen LogP contribution in [0.25, 0.3) is 0 Å². The maximum absolute atomic E-state index is 11.9. The van der Waals surface area contributed by atoms with Gasteiger partial charge >= 0.3 is 6.18 Å². The molecule has 1 heterocycles. The minimum absolute atomic E-state index is 0.185. The molecule has 0 aliphatic carbocycles. The second-order valence-corrected chi connectivity index (χ2v) is 5.36. The fourth-order valence-electron chi connectivity index (χ4n) is 1.24. The quantitative estimate of drug-likeness (QED) is 0.861. The molecule has 0 saturated heterocycles. The minimum atomic E-state index is -4.33. The van der Waals surface area contributed by atoms with E-state index in [4.69, 9.17) is 12.2 Å². The van der Waals surface area contributed by atoms with Gasteiger partial charge in [-0.1, -0.05) is 33.0 Å². The standard InChI is InChI=1S/C11H15F3N2OS/c1-10(2,3)7-4-9(18)16-8(15-7)5-17-6-11(12,13)14/h4H,5-6H2,1-3H3,(H,15,16,18). The molecule has 0 bridgehead atoms. The van der Waals surface area contributed by atoms with Crippen LogP contribution in [0.1, 0.15) is 32.3 Å². The Bertz CT molecular complexity index is 463. The Morgan fingerprint density at radius 1 is 1.33 bits per heavy atom. The van der Waals surface area contributed by atoms with Gasteiger partial charge in [0.25, 0.3) is 0 Å². The van der Waals surface area contributed by atoms with Crippen molar-refractivity contribution < 1.29 is 17.9 Å². The van der Waals surface area contributed by atoms with Gasteiger partial charge in [-0.15, -0.1) is 0 Å². The van der Waals surface area contributed by atoms with Crippen molar-refractivity contribution in [3.63, 3.8) is 0 Å². The average molecular weight is 280 g/mol. The van der Waals surface area contributed by atoms with Gasteiger partial charge in [0, 0.05) is 11.1 Å². The van der Waals surface area contributed by atoms with E-state index in [1.165, 1.54) is 0 Å². The molecular formula is C11H15F3N2OS. The van der Waals surface area contributed by atoms with E-state index in [0.717, 1.165) is 5.69 Å². The van der Waals surface area contributed by atoms with Crippen molar-refractivity contribution in [3.05, 3.63) is 22.2 Å². The Morgan fingerprint density at radius 3 is 2.44 bits per heavy atom. The first-order chi connectivity index (χ1) is 8.08. The zero-order valence-electron chi connectivity index (χ0n) is 10.4. The molecule has 0 radical (unpaired) electrons. The molecule has 1 rings (SSSR count). The summed E-state index contributed by atoms with van der Waals surface area (Å²) in [5.41, 5.74) is 0.628. The van der Waals surface area contributed by atoms with Gasteiger partial charge in [0.05, 0.1) is 0 Å². The van der Waals surface area contributed by atoms with Gasteiger partial charge in [-0.25, -0.2) is 4.98 Å². The summed E-state index contributed by atoms with van der Waals surface area (Å²) in [5, 5.41) is 0. The number of aromatic amines is 1. The number of halogens is 3. The Kier molecular flexibility index (Phi) is 4.50. The van der Waals surface area contributed by atoms with Gasteiger partial charge in [0.15, 0.2) is 0 Å². The number of hydrogen-bond donors (Lipinski definition) is 1. The van der Waals surface area contributed by atoms with Crippen LogP contribution in [0, 0.1) is 4.64 Å². The molecule has 0 fully saturated rings. The summed E-state index contributed by atoms with van der Waals surface area (Å²) in [7, 11) is 0. The van der Waals surface area contributed by atoms with Gasteiger partial charge in [-0.2, -0.15) is 13.2 Å². The molecule has 0 atom stereocenters. The maximum Gasteiger partial charge on any atom is 0.411 e. The molecule has 18 heavy (non-hydrogen) atoms. The van der Waals surface area contributed by atoms with E-state index in [1.807, 2.05) is 20.8 Å². The summed E-state index contributed by atoms with van der Waals surface area (Å²) >= 11 is 4.97. The third-order valence-corrected chi connectivity index (χ3v) is 2.31. The third kappa shape index (κ3) is 5.14. The lowest BCUT2D eigenvalue weighted by atomic mass is 9.92. The summed E-state index contributed by atoms with van der Waals surface area (Å²) < 4.78 is 40.7. The van der Waals surface area contributed by atoms with E-state index in [1.54, 1.807) is 6.07 Å². The van der Waals surface area contributed by atoms with Crippen LogP contribution >= 0.6 is 12.2 Å². The Balaban J connectivity index is 2.79. The van der Waals surface area contributed by atoms with Crippen LogP contribution in [-0.2, 0) is 16.8 Å². The Labute approximate surface area is 108 Å². The molecule has 1 N–H and O–H groups in total. The van der Waals surface area contributed by atoms with E-state index in [2.05, 4.69) is 14.7 Å². The number of alkyl halides is 3. The molecule has 0 spiro atoms. The lowest BCUT2D eigenvalue weighted by Gasteiger charge is -2.19. The molecule has 0 aromatic carbocycles. The predicted molar refractivity (Wildman–Crippen MR) is 63.8 cm³/mol. The van der Waals surface area contributed by atoms with Crippen molar-refractivity contribution in [3.8, 4) is 0 Å². The van der Waals surface area contributed by atoms with Crippen LogP contribution in [0.15, 0.2) is 6.07 Å². The van der Waals surface area contributed by atoms with Crippen LogP contribution in [-0.4, -0.2) is 22.8 Å². The summed E-state index contributed by atoms with van der Waals surface area (Å²) in [6.45, 7) is 4.36. The number of H-pyrrole nitrogens is 1. The van der Waals surface area contributed by atoms with E-state index in [0.29, 0.717) is 10.5 Å². The minimum Gasteiger partial charge on any atom is -0.364 e. The van der Waals surface area contributed by atoms with Crippen LogP contribution < -0.4 is 0 Å². The lowest BCUT2D eigenvalue weighted by Crippen LogP contribution is -2.19. The summed E-state index contributed by atoms with van der Waals surface area (Å²) in [4.78, 5) is 6.88. The second kappa shape index (κ2) is 5.36. The molecule has 1 aromatic heterocycles. The highest BCUT2D eigenvalue weighted by Crippen LogP contribution is 2.20. The van der Waals surface area contributed by atoms with Crippen molar-refractivity contribution in [1.82, 2.24) is 9.97 Å². The predicted octanol–water partition coefficient (Wildman–Crippen LogP) is 3.52. The fourth-order valence-corrected chi connectivity index (χ4v) is 1.47. The summed E-state index contributed by atoms with van der Waals surface area (Å²) in [5.74, 6) is 0.302. The molecule has 102 valence electrons. The van der Waals surface area contributed by atoms with Gasteiger partial charge in [-0.3, -0.25) is 0 Å². The van der Waals surface area contributed by atoms with Gasteiger partial charge in [0.1, 0.15) is 23.7 Å². The number of aromatic nitrogens is 2. The van der Waals surface area contributed by atoms with Crippen LogP contribution in [0.3, 0.4) is 0 Å². The largest absolute Gasteiger partial charge is 0.411 e. The fraction of sp³-hybridized carbons (Fsp3) is 0.636. The zero-order chi connectivity index (χ0) is 14.0. The zero-order valence-corrected chi connectivity index (χ0v) is 11.2. The van der Waals surface area contributed by atoms with Crippen LogP contribution in [0.2, 0.25) is 0 Å². The molecule has 0 aliphatic heterocycles. The van der Waals surface area contributed by atoms with E-state index in [9.17, 15) is 13.2 Å². The molecular weight excluding hydrogens is 265 g/mol. The number of rotatable bonds is 3. The van der Waals surface area contributed by atoms with E-state index in [-0.39, 0.29) is 12.0 Å². The topological polar surface area (TPSA) is 37.9 Å². The highest BCUT2D eigenvalue weighted by atomic mass is 32.1. The second-order valence-electron chi connectivity index (χ2n) is 4.94. The van der Waals surface area contributed by atoms with Crippen molar-refractivity contribution >= 4 is 12.2 Å². The van der Waals surface area contributed by atoms with Crippen LogP contribution in [0.4, 0.5) is 13.2 Å². The highest BCUT2D eigenvalue weighted by molar-refractivity contribution is 7.71. The highest BCUT2D eigenvalue weighted by Gasteiger charge is 2.27. The Morgan fingerprint density at radius 2 is 1.94 bits per heavy atom. The SMILES string of the molecule is CC(C)(C)c1cc(=S)nc(COCC(F)(F)F)[nH]1. The molecule has 3 nitrogen and oxygen atoms in total.